The van der Waals surface area contributed by atoms with E-state index in [4.69, 9.17) is 11.6 Å². The van der Waals surface area contributed by atoms with Crippen LogP contribution in [0.2, 0.25) is 5.02 Å². The van der Waals surface area contributed by atoms with Crippen LogP contribution in [-0.2, 0) is 0 Å². The van der Waals surface area contributed by atoms with Gasteiger partial charge in [0.2, 0.25) is 0 Å². The number of nitrogens with zero attached hydrogens (tertiary/aromatic N) is 1. The van der Waals surface area contributed by atoms with Crippen molar-refractivity contribution in [2.45, 2.75) is 0 Å². The van der Waals surface area contributed by atoms with E-state index in [2.05, 4.69) is 10.3 Å². The third-order valence-electron chi connectivity index (χ3n) is 2.17. The van der Waals surface area contributed by atoms with E-state index in [1.165, 1.54) is 24.4 Å². The molecule has 18 heavy (non-hydrogen) atoms. The van der Waals surface area contributed by atoms with Crippen LogP contribution in [0.1, 0.15) is 10.4 Å². The Balaban J connectivity index is 2.24. The summed E-state index contributed by atoms with van der Waals surface area (Å²) in [5.74, 6) is -1.37. The highest BCUT2D eigenvalue weighted by Crippen LogP contribution is 2.22. The van der Waals surface area contributed by atoms with Gasteiger partial charge in [0.1, 0.15) is 11.6 Å². The first-order chi connectivity index (χ1) is 8.56. The van der Waals surface area contributed by atoms with E-state index in [1.54, 1.807) is 0 Å². The normalized spacial score (nSPS) is 10.1. The van der Waals surface area contributed by atoms with Crippen molar-refractivity contribution in [3.8, 4) is 5.75 Å². The number of anilines is 1. The number of nitrogens with one attached hydrogen (secondary N) is 1. The van der Waals surface area contributed by atoms with Crippen molar-refractivity contribution in [2.75, 3.05) is 5.32 Å². The zero-order valence-corrected chi connectivity index (χ0v) is 9.78. The van der Waals surface area contributed by atoms with Crippen molar-refractivity contribution in [2.24, 2.45) is 0 Å². The molecule has 0 atom stereocenters. The van der Waals surface area contributed by atoms with Gasteiger partial charge >= 0.3 is 0 Å². The lowest BCUT2D eigenvalue weighted by Gasteiger charge is -2.06. The Morgan fingerprint density at radius 2 is 2.11 bits per heavy atom. The molecule has 6 heteroatoms. The SMILES string of the molecule is O=C(Nc1cncc(F)c1)c1cc(Cl)ccc1O. The number of rotatable bonds is 2. The van der Waals surface area contributed by atoms with Gasteiger partial charge in [-0.3, -0.25) is 9.78 Å². The predicted molar refractivity (Wildman–Crippen MR) is 65.3 cm³/mol. The minimum atomic E-state index is -0.595. The van der Waals surface area contributed by atoms with Gasteiger partial charge in [0.25, 0.3) is 5.91 Å². The molecule has 1 aromatic carbocycles. The van der Waals surface area contributed by atoms with E-state index in [1.807, 2.05) is 0 Å². The Morgan fingerprint density at radius 3 is 2.83 bits per heavy atom. The Hall–Kier alpha value is -2.14. The number of aromatic hydroxyl groups is 1. The van der Waals surface area contributed by atoms with Gasteiger partial charge in [-0.2, -0.15) is 0 Å². The van der Waals surface area contributed by atoms with Gasteiger partial charge < -0.3 is 10.4 Å². The molecule has 2 rings (SSSR count). The lowest BCUT2D eigenvalue weighted by Crippen LogP contribution is -2.12. The van der Waals surface area contributed by atoms with Crippen molar-refractivity contribution in [1.82, 2.24) is 4.98 Å². The second kappa shape index (κ2) is 5.01. The quantitative estimate of drug-likeness (QED) is 0.879. The van der Waals surface area contributed by atoms with E-state index in [0.717, 1.165) is 12.3 Å². The highest BCUT2D eigenvalue weighted by atomic mass is 35.5. The van der Waals surface area contributed by atoms with Crippen LogP contribution in [0.4, 0.5) is 10.1 Å². The minimum absolute atomic E-state index is 0.00626. The van der Waals surface area contributed by atoms with Crippen LogP contribution in [0.25, 0.3) is 0 Å². The molecular formula is C12H8ClFN2O2. The van der Waals surface area contributed by atoms with Gasteiger partial charge in [0, 0.05) is 11.1 Å². The Labute approximate surface area is 107 Å². The molecule has 92 valence electrons. The number of hydrogen-bond donors (Lipinski definition) is 2. The van der Waals surface area contributed by atoms with Gasteiger partial charge in [0.05, 0.1) is 23.6 Å². The Morgan fingerprint density at radius 1 is 1.33 bits per heavy atom. The summed E-state index contributed by atoms with van der Waals surface area (Å²) in [5, 5.41) is 12.3. The molecule has 0 aliphatic carbocycles. The Bertz CT molecular complexity index is 604. The monoisotopic (exact) mass is 266 g/mol. The Kier molecular flexibility index (Phi) is 3.43. The maximum atomic E-state index is 12.9. The third-order valence-corrected chi connectivity index (χ3v) is 2.40. The average Bonchev–Trinajstić information content (AvgIpc) is 2.32. The molecule has 0 unspecified atom stereocenters. The van der Waals surface area contributed by atoms with Crippen LogP contribution in [0.15, 0.2) is 36.7 Å². The molecule has 2 N–H and O–H groups in total. The van der Waals surface area contributed by atoms with Crippen LogP contribution >= 0.6 is 11.6 Å². The summed E-state index contributed by atoms with van der Waals surface area (Å²) in [6, 6.07) is 5.20. The minimum Gasteiger partial charge on any atom is -0.507 e. The maximum absolute atomic E-state index is 12.9. The first kappa shape index (κ1) is 12.3. The molecule has 2 aromatic rings. The second-order valence-electron chi connectivity index (χ2n) is 3.51. The number of benzene rings is 1. The zero-order chi connectivity index (χ0) is 13.1. The second-order valence-corrected chi connectivity index (χ2v) is 3.94. The van der Waals surface area contributed by atoms with Crippen LogP contribution in [0.3, 0.4) is 0 Å². The number of pyridine rings is 1. The summed E-state index contributed by atoms with van der Waals surface area (Å²) in [7, 11) is 0. The van der Waals surface area contributed by atoms with Crippen molar-refractivity contribution in [1.29, 1.82) is 0 Å². The summed E-state index contributed by atoms with van der Waals surface area (Å²) in [6.07, 6.45) is 2.31. The van der Waals surface area contributed by atoms with Crippen molar-refractivity contribution in [3.63, 3.8) is 0 Å². The van der Waals surface area contributed by atoms with Crippen molar-refractivity contribution < 1.29 is 14.3 Å². The fraction of sp³-hybridized carbons (Fsp3) is 0. The number of carbonyl (C=O) groups is 1. The number of halogens is 2. The zero-order valence-electron chi connectivity index (χ0n) is 9.02. The standard InChI is InChI=1S/C12H8ClFN2O2/c13-7-1-2-11(17)10(3-7)12(18)16-9-4-8(14)5-15-6-9/h1-6,17H,(H,16,18). The third kappa shape index (κ3) is 2.75. The molecule has 0 radical (unpaired) electrons. The number of amides is 1. The molecule has 1 heterocycles. The van der Waals surface area contributed by atoms with E-state index in [9.17, 15) is 14.3 Å². The summed E-state index contributed by atoms with van der Waals surface area (Å²) >= 11 is 5.73. The average molecular weight is 267 g/mol. The topological polar surface area (TPSA) is 62.2 Å². The summed E-state index contributed by atoms with van der Waals surface area (Å²) < 4.78 is 12.9. The van der Waals surface area contributed by atoms with Gasteiger partial charge in [-0.05, 0) is 18.2 Å². The molecule has 0 aliphatic rings. The van der Waals surface area contributed by atoms with Gasteiger partial charge in [-0.25, -0.2) is 4.39 Å². The lowest BCUT2D eigenvalue weighted by molar-refractivity contribution is 0.102. The molecule has 0 saturated heterocycles. The molecule has 4 nitrogen and oxygen atoms in total. The number of aromatic nitrogens is 1. The highest BCUT2D eigenvalue weighted by Gasteiger charge is 2.12. The summed E-state index contributed by atoms with van der Waals surface area (Å²) in [6.45, 7) is 0. The lowest BCUT2D eigenvalue weighted by atomic mass is 10.2. The van der Waals surface area contributed by atoms with Gasteiger partial charge in [-0.15, -0.1) is 0 Å². The van der Waals surface area contributed by atoms with Gasteiger partial charge in [0.15, 0.2) is 0 Å². The van der Waals surface area contributed by atoms with E-state index >= 15 is 0 Å². The predicted octanol–water partition coefficient (Wildman–Crippen LogP) is 2.83. The maximum Gasteiger partial charge on any atom is 0.259 e. The number of phenols is 1. The molecule has 1 amide bonds. The highest BCUT2D eigenvalue weighted by molar-refractivity contribution is 6.31. The van der Waals surface area contributed by atoms with Crippen molar-refractivity contribution in [3.05, 3.63) is 53.1 Å². The molecule has 1 aromatic heterocycles. The number of hydrogen-bond acceptors (Lipinski definition) is 3. The fourth-order valence-electron chi connectivity index (χ4n) is 1.37. The molecule has 0 saturated carbocycles. The van der Waals surface area contributed by atoms with E-state index in [0.29, 0.717) is 5.02 Å². The number of carbonyl (C=O) groups excluding carboxylic acids is 1. The summed E-state index contributed by atoms with van der Waals surface area (Å²) in [4.78, 5) is 15.4. The molecule has 0 fully saturated rings. The fourth-order valence-corrected chi connectivity index (χ4v) is 1.54. The first-order valence-electron chi connectivity index (χ1n) is 4.96. The molecule has 0 bridgehead atoms. The van der Waals surface area contributed by atoms with Gasteiger partial charge in [-0.1, -0.05) is 11.6 Å². The smallest absolute Gasteiger partial charge is 0.259 e. The first-order valence-corrected chi connectivity index (χ1v) is 5.34. The van der Waals surface area contributed by atoms with Crippen LogP contribution in [0, 0.1) is 5.82 Å². The number of phenolic OH excluding ortho intramolecular Hbond substituents is 1. The van der Waals surface area contributed by atoms with Crippen molar-refractivity contribution >= 4 is 23.2 Å². The summed E-state index contributed by atoms with van der Waals surface area (Å²) in [5.41, 5.74) is 0.200. The largest absolute Gasteiger partial charge is 0.507 e. The van der Waals surface area contributed by atoms with E-state index in [-0.39, 0.29) is 17.0 Å². The molecule has 0 spiro atoms. The molecular weight excluding hydrogens is 259 g/mol. The van der Waals surface area contributed by atoms with Crippen LogP contribution in [0.5, 0.6) is 5.75 Å². The van der Waals surface area contributed by atoms with Crippen LogP contribution in [-0.4, -0.2) is 16.0 Å². The molecule has 0 aliphatic heterocycles. The van der Waals surface area contributed by atoms with E-state index < -0.39 is 11.7 Å². The van der Waals surface area contributed by atoms with Crippen LogP contribution < -0.4 is 5.32 Å².